The summed E-state index contributed by atoms with van der Waals surface area (Å²) in [7, 11) is 3.18. The Morgan fingerprint density at radius 1 is 1.00 bits per heavy atom. The Morgan fingerprint density at radius 2 is 1.68 bits per heavy atom. The van der Waals surface area contributed by atoms with Crippen LogP contribution in [0.2, 0.25) is 0 Å². The lowest BCUT2D eigenvalue weighted by Crippen LogP contribution is -2.50. The molecule has 13 heteroatoms. The van der Waals surface area contributed by atoms with Crippen LogP contribution < -0.4 is 19.7 Å². The van der Waals surface area contributed by atoms with E-state index in [0.717, 1.165) is 17.8 Å². The second-order valence-electron chi connectivity index (χ2n) is 9.82. The van der Waals surface area contributed by atoms with Gasteiger partial charge in [0, 0.05) is 55.7 Å². The zero-order valence-electron chi connectivity index (χ0n) is 22.4. The average Bonchev–Trinajstić information content (AvgIpc) is 2.95. The number of carbonyl (C=O) groups excluding carboxylic acids is 1. The van der Waals surface area contributed by atoms with Crippen LogP contribution >= 0.6 is 0 Å². The number of hydrogen-bond acceptors (Lipinski definition) is 8. The second-order valence-corrected chi connectivity index (χ2v) is 9.82. The van der Waals surface area contributed by atoms with Gasteiger partial charge in [-0.05, 0) is 49.9 Å². The maximum absolute atomic E-state index is 13.3. The zero-order valence-corrected chi connectivity index (χ0v) is 22.4. The third-order valence-electron chi connectivity index (χ3n) is 7.35. The number of nitro benzene ring substituents is 1. The number of benzene rings is 2. The molecule has 2 fully saturated rings. The fourth-order valence-electron chi connectivity index (χ4n) is 5.14. The van der Waals surface area contributed by atoms with E-state index >= 15 is 0 Å². The molecule has 1 amide bonds. The van der Waals surface area contributed by atoms with Crippen molar-refractivity contribution in [2.24, 2.45) is 0 Å². The van der Waals surface area contributed by atoms with Crippen LogP contribution in [0, 0.1) is 10.1 Å². The molecule has 218 valence electrons. The Hall–Kier alpha value is -3.74. The van der Waals surface area contributed by atoms with Gasteiger partial charge in [0.25, 0.3) is 5.69 Å². The average molecular weight is 567 g/mol. The number of nitro groups is 1. The standard InChI is InChI=1S/C27H33F3N4O6/c1-38-24-10-6-20(16-25(24)39-2)32-11-13-33(14-12-32)26(35)17-40-21-7-3-18(4-8-21)31-19-5-9-23(34(36)37)22(15-19)27(28,29)30/h5-6,9-10,15-16,18,21,31H,3-4,7-8,11-14,17H2,1-2H3. The van der Waals surface area contributed by atoms with E-state index in [0.29, 0.717) is 63.4 Å². The Balaban J connectivity index is 1.20. The van der Waals surface area contributed by atoms with Crippen molar-refractivity contribution < 1.29 is 37.1 Å². The van der Waals surface area contributed by atoms with Gasteiger partial charge in [0.2, 0.25) is 5.91 Å². The van der Waals surface area contributed by atoms with Crippen molar-refractivity contribution in [3.63, 3.8) is 0 Å². The van der Waals surface area contributed by atoms with E-state index in [2.05, 4.69) is 10.2 Å². The van der Waals surface area contributed by atoms with Crippen LogP contribution in [0.25, 0.3) is 0 Å². The summed E-state index contributed by atoms with van der Waals surface area (Å²) in [6.07, 6.45) is -2.36. The molecule has 1 aliphatic carbocycles. The zero-order chi connectivity index (χ0) is 28.9. The van der Waals surface area contributed by atoms with Gasteiger partial charge < -0.3 is 29.3 Å². The fourth-order valence-corrected chi connectivity index (χ4v) is 5.14. The van der Waals surface area contributed by atoms with Crippen molar-refractivity contribution in [3.8, 4) is 11.5 Å². The van der Waals surface area contributed by atoms with Crippen LogP contribution in [0.4, 0.5) is 30.2 Å². The van der Waals surface area contributed by atoms with Crippen LogP contribution in [0.3, 0.4) is 0 Å². The van der Waals surface area contributed by atoms with Gasteiger partial charge in [0.05, 0.1) is 25.2 Å². The van der Waals surface area contributed by atoms with Gasteiger partial charge >= 0.3 is 6.18 Å². The number of hydrogen-bond donors (Lipinski definition) is 1. The quantitative estimate of drug-likeness (QED) is 0.343. The molecular formula is C27H33F3N4O6. The maximum Gasteiger partial charge on any atom is 0.423 e. The summed E-state index contributed by atoms with van der Waals surface area (Å²) in [5, 5.41) is 14.0. The molecule has 0 unspecified atom stereocenters. The van der Waals surface area contributed by atoms with E-state index in [1.807, 2.05) is 18.2 Å². The molecule has 0 spiro atoms. The SMILES string of the molecule is COc1ccc(N2CCN(C(=O)COC3CCC(Nc4ccc([N+](=O)[O-])c(C(F)(F)F)c4)CC3)CC2)cc1OC. The van der Waals surface area contributed by atoms with Crippen molar-refractivity contribution in [1.82, 2.24) is 4.90 Å². The van der Waals surface area contributed by atoms with E-state index in [1.165, 1.54) is 6.07 Å². The number of rotatable bonds is 9. The van der Waals surface area contributed by atoms with E-state index < -0.39 is 22.4 Å². The molecule has 0 atom stereocenters. The first kappa shape index (κ1) is 29.2. The molecular weight excluding hydrogens is 533 g/mol. The molecule has 0 aromatic heterocycles. The van der Waals surface area contributed by atoms with Crippen LogP contribution in [0.5, 0.6) is 11.5 Å². The molecule has 10 nitrogen and oxygen atoms in total. The van der Waals surface area contributed by atoms with Gasteiger partial charge in [-0.3, -0.25) is 14.9 Å². The van der Waals surface area contributed by atoms with Crippen LogP contribution in [-0.4, -0.2) is 74.9 Å². The highest BCUT2D eigenvalue weighted by molar-refractivity contribution is 5.77. The van der Waals surface area contributed by atoms with Gasteiger partial charge in [-0.15, -0.1) is 0 Å². The highest BCUT2D eigenvalue weighted by Crippen LogP contribution is 2.38. The number of piperazine rings is 1. The molecule has 2 aromatic rings. The first-order valence-corrected chi connectivity index (χ1v) is 13.1. The monoisotopic (exact) mass is 566 g/mol. The number of carbonyl (C=O) groups is 1. The predicted molar refractivity (Wildman–Crippen MR) is 142 cm³/mol. The smallest absolute Gasteiger partial charge is 0.423 e. The normalized spacial score (nSPS) is 19.7. The van der Waals surface area contributed by atoms with E-state index in [9.17, 15) is 28.1 Å². The van der Waals surface area contributed by atoms with Crippen molar-refractivity contribution >= 4 is 23.0 Å². The summed E-state index contributed by atoms with van der Waals surface area (Å²) in [6.45, 7) is 2.48. The Labute approximate surface area is 230 Å². The number of nitrogens with one attached hydrogen (secondary N) is 1. The first-order chi connectivity index (χ1) is 19.1. The lowest BCUT2D eigenvalue weighted by molar-refractivity contribution is -0.388. The number of anilines is 2. The number of ether oxygens (including phenoxy) is 3. The van der Waals surface area contributed by atoms with Crippen molar-refractivity contribution in [2.75, 3.05) is 57.2 Å². The van der Waals surface area contributed by atoms with E-state index in [-0.39, 0.29) is 30.3 Å². The molecule has 0 bridgehead atoms. The summed E-state index contributed by atoms with van der Waals surface area (Å²) >= 11 is 0. The molecule has 1 saturated carbocycles. The highest BCUT2D eigenvalue weighted by Gasteiger charge is 2.38. The van der Waals surface area contributed by atoms with Crippen LogP contribution in [0.15, 0.2) is 36.4 Å². The number of amides is 1. The third kappa shape index (κ3) is 7.06. The maximum atomic E-state index is 13.3. The number of alkyl halides is 3. The molecule has 1 saturated heterocycles. The van der Waals surface area contributed by atoms with Crippen LogP contribution in [-0.2, 0) is 15.7 Å². The Bertz CT molecular complexity index is 1200. The van der Waals surface area contributed by atoms with Gasteiger partial charge in [-0.2, -0.15) is 13.2 Å². The van der Waals surface area contributed by atoms with Gasteiger partial charge in [-0.1, -0.05) is 0 Å². The minimum atomic E-state index is -4.83. The Kier molecular flexibility index (Phi) is 9.23. The van der Waals surface area contributed by atoms with Gasteiger partial charge in [0.1, 0.15) is 12.2 Å². The minimum Gasteiger partial charge on any atom is -0.493 e. The van der Waals surface area contributed by atoms with Crippen molar-refractivity contribution in [1.29, 1.82) is 0 Å². The summed E-state index contributed by atoms with van der Waals surface area (Å²) < 4.78 is 56.3. The summed E-state index contributed by atoms with van der Waals surface area (Å²) in [4.78, 5) is 26.7. The first-order valence-electron chi connectivity index (χ1n) is 13.1. The topological polar surface area (TPSA) is 106 Å². The fraction of sp³-hybridized carbons (Fsp3) is 0.519. The van der Waals surface area contributed by atoms with E-state index in [1.54, 1.807) is 19.1 Å². The Morgan fingerprint density at radius 3 is 2.27 bits per heavy atom. The lowest BCUT2D eigenvalue weighted by Gasteiger charge is -2.36. The number of halogens is 3. The van der Waals surface area contributed by atoms with Gasteiger partial charge in [-0.25, -0.2) is 0 Å². The van der Waals surface area contributed by atoms with Crippen LogP contribution in [0.1, 0.15) is 31.2 Å². The highest BCUT2D eigenvalue weighted by atomic mass is 19.4. The molecule has 1 heterocycles. The number of nitrogens with zero attached hydrogens (tertiary/aromatic N) is 3. The third-order valence-corrected chi connectivity index (χ3v) is 7.35. The van der Waals surface area contributed by atoms with Gasteiger partial charge in [0.15, 0.2) is 11.5 Å². The minimum absolute atomic E-state index is 0.0174. The molecule has 40 heavy (non-hydrogen) atoms. The molecule has 1 N–H and O–H groups in total. The largest absolute Gasteiger partial charge is 0.493 e. The second kappa shape index (κ2) is 12.6. The molecule has 2 aromatic carbocycles. The molecule has 4 rings (SSSR count). The number of methoxy groups -OCH3 is 2. The van der Waals surface area contributed by atoms with Crippen molar-refractivity contribution in [3.05, 3.63) is 52.1 Å². The molecule has 2 aliphatic rings. The molecule has 1 aliphatic heterocycles. The lowest BCUT2D eigenvalue weighted by atomic mass is 9.92. The summed E-state index contributed by atoms with van der Waals surface area (Å²) in [5.74, 6) is 1.23. The summed E-state index contributed by atoms with van der Waals surface area (Å²) in [5.41, 5.74) is -1.07. The van der Waals surface area contributed by atoms with Crippen molar-refractivity contribution in [2.45, 2.75) is 44.0 Å². The predicted octanol–water partition coefficient (Wildman–Crippen LogP) is 4.72. The molecule has 0 radical (unpaired) electrons. The summed E-state index contributed by atoms with van der Waals surface area (Å²) in [6, 6.07) is 8.59. The van der Waals surface area contributed by atoms with E-state index in [4.69, 9.17) is 14.2 Å².